The molecule has 25 heavy (non-hydrogen) atoms. The van der Waals surface area contributed by atoms with Crippen molar-refractivity contribution in [2.75, 3.05) is 19.0 Å². The average molecular weight is 380 g/mol. The van der Waals surface area contributed by atoms with Gasteiger partial charge in [-0.3, -0.25) is 0 Å². The van der Waals surface area contributed by atoms with E-state index in [1.54, 1.807) is 0 Å². The average Bonchev–Trinajstić information content (AvgIpc) is 2.39. The first kappa shape index (κ1) is 24.9. The third kappa shape index (κ3) is 11.3. The van der Waals surface area contributed by atoms with Crippen LogP contribution < -0.4 is 34.3 Å². The minimum atomic E-state index is -4.37. The molecule has 7 heteroatoms. The van der Waals surface area contributed by atoms with Gasteiger partial charge in [-0.1, -0.05) is 52.8 Å². The maximum Gasteiger partial charge on any atom is 1.00 e. The van der Waals surface area contributed by atoms with E-state index in [2.05, 4.69) is 20.8 Å². The van der Waals surface area contributed by atoms with Crippen molar-refractivity contribution in [3.8, 4) is 5.75 Å². The second kappa shape index (κ2) is 10.3. The van der Waals surface area contributed by atoms with Gasteiger partial charge in [0.15, 0.2) is 0 Å². The second-order valence-corrected chi connectivity index (χ2v) is 9.42. The zero-order valence-electron chi connectivity index (χ0n) is 16.2. The molecule has 138 valence electrons. The molecular formula is C18H29NaO5S. The fourth-order valence-electron chi connectivity index (χ4n) is 3.03. The molecule has 0 radical (unpaired) electrons. The maximum atomic E-state index is 11.2. The van der Waals surface area contributed by atoms with Crippen molar-refractivity contribution in [2.24, 2.45) is 10.8 Å². The summed E-state index contributed by atoms with van der Waals surface area (Å²) >= 11 is 0. The molecule has 0 N–H and O–H groups in total. The normalized spacial score (nSPS) is 13.8. The molecule has 1 aromatic rings. The number of ether oxygens (including phenoxy) is 2. The van der Waals surface area contributed by atoms with Crippen LogP contribution in [0, 0.1) is 10.8 Å². The van der Waals surface area contributed by atoms with E-state index in [1.807, 2.05) is 44.2 Å². The zero-order chi connectivity index (χ0) is 18.4. The van der Waals surface area contributed by atoms with Crippen molar-refractivity contribution in [1.82, 2.24) is 0 Å². The molecule has 0 heterocycles. The Morgan fingerprint density at radius 1 is 1.04 bits per heavy atom. The molecule has 5 nitrogen and oxygen atoms in total. The van der Waals surface area contributed by atoms with E-state index in [-0.39, 0.29) is 41.6 Å². The molecule has 0 aliphatic heterocycles. The Hall–Kier alpha value is -0.110. The van der Waals surface area contributed by atoms with Gasteiger partial charge >= 0.3 is 29.6 Å². The first-order valence-electron chi connectivity index (χ1n) is 8.12. The summed E-state index contributed by atoms with van der Waals surface area (Å²) in [6, 6.07) is 9.31. The molecule has 0 saturated carbocycles. The van der Waals surface area contributed by atoms with Gasteiger partial charge in [0.05, 0.1) is 28.6 Å². The van der Waals surface area contributed by atoms with Gasteiger partial charge in [0.1, 0.15) is 12.4 Å². The van der Waals surface area contributed by atoms with Crippen LogP contribution in [0.4, 0.5) is 0 Å². The summed E-state index contributed by atoms with van der Waals surface area (Å²) in [6.45, 7) is 10.6. The van der Waals surface area contributed by atoms with Crippen LogP contribution in [0.2, 0.25) is 0 Å². The summed E-state index contributed by atoms with van der Waals surface area (Å²) in [5.41, 5.74) is -0.444. The van der Waals surface area contributed by atoms with Gasteiger partial charge in [0.25, 0.3) is 0 Å². The molecule has 1 unspecified atom stereocenters. The number of hydrogen-bond acceptors (Lipinski definition) is 5. The second-order valence-electron chi connectivity index (χ2n) is 7.97. The Kier molecular flexibility index (Phi) is 10.2. The van der Waals surface area contributed by atoms with E-state index >= 15 is 0 Å². The number of para-hydroxylation sites is 1. The monoisotopic (exact) mass is 380 g/mol. The summed E-state index contributed by atoms with van der Waals surface area (Å²) in [5.74, 6) is 0.199. The minimum absolute atomic E-state index is 0. The summed E-state index contributed by atoms with van der Waals surface area (Å²) < 4.78 is 45.0. The standard InChI is InChI=1S/C18H30O5S.Na/c1-17(2,3)14-18(4,5)16(13-24(19,20)21)23-12-11-22-15-9-7-6-8-10-15;/h6-10,16H,11-14H2,1-5H3,(H,19,20,21);/q;+1/p-1. The Labute approximate surface area is 174 Å². The van der Waals surface area contributed by atoms with Gasteiger partial charge < -0.3 is 14.0 Å². The number of benzene rings is 1. The third-order valence-corrected chi connectivity index (χ3v) is 4.34. The molecule has 0 aliphatic rings. The molecule has 0 fully saturated rings. The Bertz CT molecular complexity index is 594. The predicted octanol–water partition coefficient (Wildman–Crippen LogP) is 0.462. The van der Waals surface area contributed by atoms with Crippen LogP contribution in [0.5, 0.6) is 5.75 Å². The summed E-state index contributed by atoms with van der Waals surface area (Å²) in [6.07, 6.45) is 0.0679. The molecule has 0 saturated heterocycles. The van der Waals surface area contributed by atoms with E-state index in [1.165, 1.54) is 0 Å². The van der Waals surface area contributed by atoms with Gasteiger partial charge in [-0.05, 0) is 29.4 Å². The van der Waals surface area contributed by atoms with Gasteiger partial charge in [0, 0.05) is 0 Å². The smallest absolute Gasteiger partial charge is 0.748 e. The molecular weight excluding hydrogens is 351 g/mol. The Morgan fingerprint density at radius 3 is 2.08 bits per heavy atom. The molecule has 0 amide bonds. The summed E-state index contributed by atoms with van der Waals surface area (Å²) in [7, 11) is -4.37. The largest absolute Gasteiger partial charge is 1.00 e. The SMILES string of the molecule is CC(C)(C)CC(C)(C)C(CS(=O)(=O)[O-])OCCOc1ccccc1.[Na+]. The van der Waals surface area contributed by atoms with E-state index in [0.29, 0.717) is 6.61 Å². The fourth-order valence-corrected chi connectivity index (χ4v) is 3.95. The fraction of sp³-hybridized carbons (Fsp3) is 0.667. The van der Waals surface area contributed by atoms with Crippen molar-refractivity contribution in [1.29, 1.82) is 0 Å². The van der Waals surface area contributed by atoms with Crippen LogP contribution in [-0.2, 0) is 14.9 Å². The first-order chi connectivity index (χ1) is 10.9. The van der Waals surface area contributed by atoms with Crippen LogP contribution in [-0.4, -0.2) is 38.0 Å². The molecule has 0 aliphatic carbocycles. The maximum absolute atomic E-state index is 11.2. The van der Waals surface area contributed by atoms with Crippen molar-refractivity contribution in [3.05, 3.63) is 30.3 Å². The van der Waals surface area contributed by atoms with Crippen LogP contribution in [0.3, 0.4) is 0 Å². The van der Waals surface area contributed by atoms with Crippen molar-refractivity contribution in [3.63, 3.8) is 0 Å². The molecule has 1 rings (SSSR count). The summed E-state index contributed by atoms with van der Waals surface area (Å²) in [5, 5.41) is 0. The molecule has 0 bridgehead atoms. The molecule has 0 spiro atoms. The first-order valence-corrected chi connectivity index (χ1v) is 9.70. The van der Waals surface area contributed by atoms with Crippen LogP contribution >= 0.6 is 0 Å². The van der Waals surface area contributed by atoms with Crippen LogP contribution in [0.15, 0.2) is 30.3 Å². The Morgan fingerprint density at radius 2 is 1.60 bits per heavy atom. The van der Waals surface area contributed by atoms with Gasteiger partial charge in [-0.25, -0.2) is 8.42 Å². The number of hydrogen-bond donors (Lipinski definition) is 0. The van der Waals surface area contributed by atoms with E-state index in [4.69, 9.17) is 9.47 Å². The van der Waals surface area contributed by atoms with Crippen molar-refractivity contribution < 1.29 is 52.0 Å². The van der Waals surface area contributed by atoms with Crippen molar-refractivity contribution in [2.45, 2.75) is 47.1 Å². The van der Waals surface area contributed by atoms with Crippen LogP contribution in [0.1, 0.15) is 41.0 Å². The number of rotatable bonds is 9. The van der Waals surface area contributed by atoms with E-state index in [0.717, 1.165) is 12.2 Å². The Balaban J connectivity index is 0.00000576. The minimum Gasteiger partial charge on any atom is -0.748 e. The quantitative estimate of drug-likeness (QED) is 0.353. The van der Waals surface area contributed by atoms with E-state index < -0.39 is 27.4 Å². The van der Waals surface area contributed by atoms with Gasteiger partial charge in [0.2, 0.25) is 0 Å². The molecule has 0 aromatic heterocycles. The third-order valence-electron chi connectivity index (χ3n) is 3.63. The molecule has 1 aromatic carbocycles. The van der Waals surface area contributed by atoms with Gasteiger partial charge in [-0.15, -0.1) is 0 Å². The predicted molar refractivity (Wildman–Crippen MR) is 94.1 cm³/mol. The van der Waals surface area contributed by atoms with Gasteiger partial charge in [-0.2, -0.15) is 0 Å². The van der Waals surface area contributed by atoms with E-state index in [9.17, 15) is 13.0 Å². The van der Waals surface area contributed by atoms with Crippen molar-refractivity contribution >= 4 is 10.1 Å². The summed E-state index contributed by atoms with van der Waals surface area (Å²) in [4.78, 5) is 0. The molecule has 1 atom stereocenters. The zero-order valence-corrected chi connectivity index (χ0v) is 19.1. The topological polar surface area (TPSA) is 75.7 Å². The van der Waals surface area contributed by atoms with Crippen LogP contribution in [0.25, 0.3) is 0 Å².